The second-order valence-electron chi connectivity index (χ2n) is 4.26. The first-order chi connectivity index (χ1) is 8.94. The van der Waals surface area contributed by atoms with E-state index >= 15 is 0 Å². The fourth-order valence-electron chi connectivity index (χ4n) is 1.94. The summed E-state index contributed by atoms with van der Waals surface area (Å²) in [5, 5.41) is 10.9. The first kappa shape index (κ1) is 13.9. The maximum atomic E-state index is 11.8. The Morgan fingerprint density at radius 2 is 2.16 bits per heavy atom. The summed E-state index contributed by atoms with van der Waals surface area (Å²) in [6, 6.07) is 6.09. The summed E-state index contributed by atoms with van der Waals surface area (Å²) in [5.41, 5.74) is 0.272. The molecule has 0 saturated carbocycles. The van der Waals surface area contributed by atoms with Crippen LogP contribution in [0.25, 0.3) is 0 Å². The summed E-state index contributed by atoms with van der Waals surface area (Å²) in [4.78, 5) is 10.4. The molecule has 104 valence electrons. The van der Waals surface area contributed by atoms with Crippen LogP contribution in [0.1, 0.15) is 18.9 Å². The quantitative estimate of drug-likeness (QED) is 0.617. The van der Waals surface area contributed by atoms with Crippen LogP contribution < -0.4 is 0 Å². The van der Waals surface area contributed by atoms with Gasteiger partial charge in [0.05, 0.1) is 11.0 Å². The molecule has 1 aliphatic heterocycles. The molecule has 7 nitrogen and oxygen atoms in total. The van der Waals surface area contributed by atoms with Gasteiger partial charge in [0.15, 0.2) is 0 Å². The molecule has 0 aromatic heterocycles. The molecule has 0 amide bonds. The van der Waals surface area contributed by atoms with Gasteiger partial charge in [0.2, 0.25) is 0 Å². The topological polar surface area (TPSA) is 89.8 Å². The summed E-state index contributed by atoms with van der Waals surface area (Å²) in [7, 11) is -3.78. The van der Waals surface area contributed by atoms with Crippen LogP contribution in [0, 0.1) is 10.1 Å². The Labute approximate surface area is 111 Å². The summed E-state index contributed by atoms with van der Waals surface area (Å²) in [6.07, 6.45) is 0.194. The number of nitrogens with zero attached hydrogens (tertiary/aromatic N) is 2. The third kappa shape index (κ3) is 2.91. The van der Waals surface area contributed by atoms with Crippen LogP contribution in [-0.2, 0) is 21.0 Å². The molecule has 1 unspecified atom stereocenters. The Morgan fingerprint density at radius 3 is 2.74 bits per heavy atom. The molecule has 1 aromatic carbocycles. The van der Waals surface area contributed by atoms with Crippen molar-refractivity contribution < 1.29 is 17.5 Å². The molecule has 1 heterocycles. The van der Waals surface area contributed by atoms with Gasteiger partial charge in [0, 0.05) is 24.7 Å². The zero-order valence-electron chi connectivity index (χ0n) is 10.4. The zero-order chi connectivity index (χ0) is 14.0. The van der Waals surface area contributed by atoms with Gasteiger partial charge in [0.25, 0.3) is 5.69 Å². The smallest absolute Gasteiger partial charge is 0.258 e. The number of hydrogen-bond donors (Lipinski definition) is 0. The molecule has 1 atom stereocenters. The molecule has 8 heteroatoms. The summed E-state index contributed by atoms with van der Waals surface area (Å²) < 4.78 is 29.5. The van der Waals surface area contributed by atoms with Crippen LogP contribution in [0.4, 0.5) is 5.69 Å². The molecule has 1 aliphatic rings. The van der Waals surface area contributed by atoms with Crippen molar-refractivity contribution in [3.63, 3.8) is 0 Å². The van der Waals surface area contributed by atoms with E-state index in [4.69, 9.17) is 4.18 Å². The van der Waals surface area contributed by atoms with Gasteiger partial charge >= 0.3 is 10.3 Å². The zero-order valence-corrected chi connectivity index (χ0v) is 11.2. The van der Waals surface area contributed by atoms with Crippen molar-refractivity contribution in [1.29, 1.82) is 0 Å². The standard InChI is InChI=1S/C11H14N2O5S/c1-2-10-8-12(19(16,17)18-10)7-9-5-3-4-6-11(9)13(14)15/h3-6,10H,2,7-8H2,1H3. The normalized spacial score (nSPS) is 22.5. The molecule has 1 aromatic rings. The Morgan fingerprint density at radius 1 is 1.47 bits per heavy atom. The second kappa shape index (κ2) is 5.24. The predicted octanol–water partition coefficient (Wildman–Crippen LogP) is 1.45. The average Bonchev–Trinajstić information content (AvgIpc) is 2.65. The number of benzene rings is 1. The third-order valence-corrected chi connectivity index (χ3v) is 4.40. The Bertz CT molecular complexity index is 587. The highest BCUT2D eigenvalue weighted by molar-refractivity contribution is 7.84. The van der Waals surface area contributed by atoms with E-state index in [0.717, 1.165) is 4.31 Å². The van der Waals surface area contributed by atoms with Crippen molar-refractivity contribution in [1.82, 2.24) is 4.31 Å². The summed E-state index contributed by atoms with van der Waals surface area (Å²) in [5.74, 6) is 0. The maximum absolute atomic E-state index is 11.8. The molecular formula is C11H14N2O5S. The van der Waals surface area contributed by atoms with Crippen LogP contribution in [0.5, 0.6) is 0 Å². The second-order valence-corrected chi connectivity index (χ2v) is 5.83. The number of para-hydroxylation sites is 1. The van der Waals surface area contributed by atoms with E-state index in [9.17, 15) is 18.5 Å². The van der Waals surface area contributed by atoms with Crippen molar-refractivity contribution in [2.24, 2.45) is 0 Å². The first-order valence-corrected chi connectivity index (χ1v) is 7.21. The van der Waals surface area contributed by atoms with Crippen LogP contribution in [0.2, 0.25) is 0 Å². The fraction of sp³-hybridized carbons (Fsp3) is 0.455. The minimum Gasteiger partial charge on any atom is -0.258 e. The Kier molecular flexibility index (Phi) is 3.83. The van der Waals surface area contributed by atoms with E-state index in [0.29, 0.717) is 12.0 Å². The molecule has 0 radical (unpaired) electrons. The van der Waals surface area contributed by atoms with Crippen LogP contribution in [0.15, 0.2) is 24.3 Å². The van der Waals surface area contributed by atoms with Crippen LogP contribution in [-0.4, -0.2) is 30.3 Å². The highest BCUT2D eigenvalue weighted by Crippen LogP contribution is 2.26. The van der Waals surface area contributed by atoms with Crippen LogP contribution in [0.3, 0.4) is 0 Å². The van der Waals surface area contributed by atoms with E-state index in [1.807, 2.05) is 6.92 Å². The number of nitro groups is 1. The maximum Gasteiger partial charge on any atom is 0.339 e. The van der Waals surface area contributed by atoms with Gasteiger partial charge in [-0.25, -0.2) is 0 Å². The van der Waals surface area contributed by atoms with Gasteiger partial charge < -0.3 is 0 Å². The molecule has 1 fully saturated rings. The van der Waals surface area contributed by atoms with E-state index in [1.165, 1.54) is 6.07 Å². The van der Waals surface area contributed by atoms with Gasteiger partial charge in [0.1, 0.15) is 0 Å². The summed E-state index contributed by atoms with van der Waals surface area (Å²) >= 11 is 0. The van der Waals surface area contributed by atoms with Crippen molar-refractivity contribution >= 4 is 16.0 Å². The molecule has 0 spiro atoms. The van der Waals surface area contributed by atoms with Gasteiger partial charge in [-0.15, -0.1) is 0 Å². The van der Waals surface area contributed by atoms with E-state index in [1.54, 1.807) is 18.2 Å². The molecule has 19 heavy (non-hydrogen) atoms. The predicted molar refractivity (Wildman–Crippen MR) is 67.6 cm³/mol. The Hall–Kier alpha value is -1.51. The largest absolute Gasteiger partial charge is 0.339 e. The van der Waals surface area contributed by atoms with Crippen molar-refractivity contribution in [3.8, 4) is 0 Å². The monoisotopic (exact) mass is 286 g/mol. The van der Waals surface area contributed by atoms with Gasteiger partial charge in [-0.05, 0) is 6.42 Å². The number of rotatable bonds is 4. The van der Waals surface area contributed by atoms with Gasteiger partial charge in [-0.2, -0.15) is 12.7 Å². The van der Waals surface area contributed by atoms with Crippen molar-refractivity contribution in [2.45, 2.75) is 26.0 Å². The first-order valence-electron chi connectivity index (χ1n) is 5.84. The summed E-state index contributed by atoms with van der Waals surface area (Å²) in [6.45, 7) is 2.01. The lowest BCUT2D eigenvalue weighted by Gasteiger charge is -2.12. The highest BCUT2D eigenvalue weighted by atomic mass is 32.2. The molecule has 2 rings (SSSR count). The molecule has 0 aliphatic carbocycles. The SMILES string of the molecule is CCC1CN(Cc2ccccc2[N+](=O)[O-])S(=O)(=O)O1. The average molecular weight is 286 g/mol. The fourth-order valence-corrected chi connectivity index (χ4v) is 3.24. The molecule has 0 N–H and O–H groups in total. The van der Waals surface area contributed by atoms with Gasteiger partial charge in [-0.1, -0.05) is 25.1 Å². The van der Waals surface area contributed by atoms with Crippen molar-refractivity contribution in [2.75, 3.05) is 6.54 Å². The van der Waals surface area contributed by atoms with Crippen molar-refractivity contribution in [3.05, 3.63) is 39.9 Å². The number of nitro benzene ring substituents is 1. The molecule has 0 bridgehead atoms. The molecule has 1 saturated heterocycles. The number of hydrogen-bond acceptors (Lipinski definition) is 5. The van der Waals surface area contributed by atoms with Crippen LogP contribution >= 0.6 is 0 Å². The third-order valence-electron chi connectivity index (χ3n) is 2.97. The lowest BCUT2D eigenvalue weighted by Crippen LogP contribution is -2.25. The van der Waals surface area contributed by atoms with E-state index in [2.05, 4.69) is 0 Å². The lowest BCUT2D eigenvalue weighted by molar-refractivity contribution is -0.385. The van der Waals surface area contributed by atoms with E-state index in [-0.39, 0.29) is 24.9 Å². The van der Waals surface area contributed by atoms with Gasteiger partial charge in [-0.3, -0.25) is 14.3 Å². The highest BCUT2D eigenvalue weighted by Gasteiger charge is 2.37. The minimum atomic E-state index is -3.78. The lowest BCUT2D eigenvalue weighted by atomic mass is 10.2. The Balaban J connectivity index is 2.25. The minimum absolute atomic E-state index is 0.0456. The van der Waals surface area contributed by atoms with E-state index < -0.39 is 15.2 Å². The molecular weight excluding hydrogens is 272 g/mol.